The van der Waals surface area contributed by atoms with Gasteiger partial charge in [-0.3, -0.25) is 9.69 Å². The number of piperazine rings is 1. The molecule has 1 amide bonds. The molecule has 0 spiro atoms. The Bertz CT molecular complexity index is 183. The smallest absolute Gasteiger partial charge is 0.238 e. The largest absolute Gasteiger partial charge is 0.355 e. The van der Waals surface area contributed by atoms with Crippen molar-refractivity contribution < 1.29 is 4.79 Å². The maximum absolute atomic E-state index is 11.5. The average Bonchev–Trinajstić information content (AvgIpc) is 2.29. The molecule has 68 valence electrons. The summed E-state index contributed by atoms with van der Waals surface area (Å²) in [5.41, 5.74) is 0. The van der Waals surface area contributed by atoms with Gasteiger partial charge in [-0.1, -0.05) is 0 Å². The van der Waals surface area contributed by atoms with Crippen LogP contribution in [0.2, 0.25) is 0 Å². The van der Waals surface area contributed by atoms with Crippen molar-refractivity contribution in [1.29, 1.82) is 0 Å². The summed E-state index contributed by atoms with van der Waals surface area (Å²) in [5.74, 6) is 0.194. The van der Waals surface area contributed by atoms with Crippen LogP contribution in [0.15, 0.2) is 0 Å². The van der Waals surface area contributed by atoms with E-state index in [0.717, 1.165) is 39.1 Å². The van der Waals surface area contributed by atoms with Crippen LogP contribution in [0.3, 0.4) is 0 Å². The summed E-state index contributed by atoms with van der Waals surface area (Å²) in [5, 5.41) is 6.16. The summed E-state index contributed by atoms with van der Waals surface area (Å²) >= 11 is 0. The van der Waals surface area contributed by atoms with Crippen molar-refractivity contribution >= 4 is 5.91 Å². The molecule has 0 bridgehead atoms. The van der Waals surface area contributed by atoms with Gasteiger partial charge in [0, 0.05) is 32.7 Å². The van der Waals surface area contributed by atoms with Crippen molar-refractivity contribution in [2.24, 2.45) is 0 Å². The number of fused-ring (bicyclic) bond motifs is 1. The molecule has 0 aromatic heterocycles. The topological polar surface area (TPSA) is 44.4 Å². The molecule has 2 rings (SSSR count). The van der Waals surface area contributed by atoms with E-state index in [0.29, 0.717) is 0 Å². The van der Waals surface area contributed by atoms with Crippen LogP contribution in [0.5, 0.6) is 0 Å². The minimum Gasteiger partial charge on any atom is -0.355 e. The fraction of sp³-hybridized carbons (Fsp3) is 0.875. The number of rotatable bonds is 0. The molecule has 2 aliphatic rings. The van der Waals surface area contributed by atoms with Crippen molar-refractivity contribution in [2.45, 2.75) is 12.5 Å². The van der Waals surface area contributed by atoms with E-state index in [1.807, 2.05) is 0 Å². The van der Waals surface area contributed by atoms with Crippen LogP contribution in [-0.4, -0.2) is 49.6 Å². The van der Waals surface area contributed by atoms with Gasteiger partial charge < -0.3 is 10.6 Å². The van der Waals surface area contributed by atoms with Crippen molar-refractivity contribution in [2.75, 3.05) is 32.7 Å². The lowest BCUT2D eigenvalue weighted by atomic mass is 10.2. The second-order valence-corrected chi connectivity index (χ2v) is 3.40. The molecule has 2 saturated heterocycles. The molecule has 2 heterocycles. The minimum atomic E-state index is 0.0845. The maximum atomic E-state index is 11.5. The van der Waals surface area contributed by atoms with E-state index in [2.05, 4.69) is 15.5 Å². The van der Waals surface area contributed by atoms with Crippen LogP contribution in [0, 0.1) is 0 Å². The highest BCUT2D eigenvalue weighted by molar-refractivity contribution is 5.82. The molecule has 4 heteroatoms. The molecule has 0 aromatic rings. The van der Waals surface area contributed by atoms with Gasteiger partial charge in [0.25, 0.3) is 0 Å². The number of hydrogen-bond donors (Lipinski definition) is 2. The highest BCUT2D eigenvalue weighted by Gasteiger charge is 2.29. The molecular formula is C8H15N3O. The van der Waals surface area contributed by atoms with Crippen molar-refractivity contribution in [3.63, 3.8) is 0 Å². The lowest BCUT2D eigenvalue weighted by molar-refractivity contribution is -0.125. The van der Waals surface area contributed by atoms with Gasteiger partial charge in [-0.05, 0) is 6.42 Å². The number of nitrogens with zero attached hydrogens (tertiary/aromatic N) is 1. The zero-order valence-electron chi connectivity index (χ0n) is 7.18. The first-order chi connectivity index (χ1) is 5.88. The van der Waals surface area contributed by atoms with Crippen molar-refractivity contribution in [3.8, 4) is 0 Å². The van der Waals surface area contributed by atoms with Gasteiger partial charge >= 0.3 is 0 Å². The maximum Gasteiger partial charge on any atom is 0.238 e. The molecule has 1 atom stereocenters. The summed E-state index contributed by atoms with van der Waals surface area (Å²) < 4.78 is 0. The van der Waals surface area contributed by atoms with E-state index in [1.165, 1.54) is 0 Å². The number of hydrogen-bond acceptors (Lipinski definition) is 3. The summed E-state index contributed by atoms with van der Waals surface area (Å²) in [6, 6.07) is 0.0845. The first-order valence-corrected chi connectivity index (χ1v) is 4.60. The second kappa shape index (κ2) is 3.41. The number of amides is 1. The number of carbonyl (C=O) groups excluding carboxylic acids is 1. The highest BCUT2D eigenvalue weighted by Crippen LogP contribution is 2.06. The molecule has 0 aromatic carbocycles. The first kappa shape index (κ1) is 8.01. The zero-order valence-corrected chi connectivity index (χ0v) is 7.18. The summed E-state index contributed by atoms with van der Waals surface area (Å²) in [6.07, 6.45) is 1.09. The third-order valence-corrected chi connectivity index (χ3v) is 2.58. The van der Waals surface area contributed by atoms with E-state index in [4.69, 9.17) is 0 Å². The van der Waals surface area contributed by atoms with E-state index in [-0.39, 0.29) is 11.9 Å². The van der Waals surface area contributed by atoms with Gasteiger partial charge in [0.15, 0.2) is 0 Å². The Morgan fingerprint density at radius 1 is 1.33 bits per heavy atom. The minimum absolute atomic E-state index is 0.0845. The molecule has 2 aliphatic heterocycles. The SMILES string of the molecule is O=C1NCCCN2CCNCC12. The van der Waals surface area contributed by atoms with Crippen LogP contribution in [0.4, 0.5) is 0 Å². The van der Waals surface area contributed by atoms with Crippen LogP contribution in [-0.2, 0) is 4.79 Å². The van der Waals surface area contributed by atoms with E-state index in [9.17, 15) is 4.79 Å². The van der Waals surface area contributed by atoms with Crippen LogP contribution >= 0.6 is 0 Å². The Balaban J connectivity index is 2.06. The molecule has 2 N–H and O–H groups in total. The molecule has 4 nitrogen and oxygen atoms in total. The van der Waals surface area contributed by atoms with Gasteiger partial charge in [-0.15, -0.1) is 0 Å². The van der Waals surface area contributed by atoms with Gasteiger partial charge in [0.2, 0.25) is 5.91 Å². The van der Waals surface area contributed by atoms with Gasteiger partial charge in [0.1, 0.15) is 6.04 Å². The normalized spacial score (nSPS) is 32.0. The highest BCUT2D eigenvalue weighted by atomic mass is 16.2. The second-order valence-electron chi connectivity index (χ2n) is 3.40. The van der Waals surface area contributed by atoms with Crippen LogP contribution in [0.25, 0.3) is 0 Å². The predicted octanol–water partition coefficient (Wildman–Crippen LogP) is -1.22. The van der Waals surface area contributed by atoms with E-state index < -0.39 is 0 Å². The fourth-order valence-electron chi connectivity index (χ4n) is 1.88. The summed E-state index contributed by atoms with van der Waals surface area (Å²) in [4.78, 5) is 13.7. The van der Waals surface area contributed by atoms with E-state index >= 15 is 0 Å². The number of carbonyl (C=O) groups is 1. The molecule has 12 heavy (non-hydrogen) atoms. The number of nitrogens with one attached hydrogen (secondary N) is 2. The third-order valence-electron chi connectivity index (χ3n) is 2.58. The molecule has 0 aliphatic carbocycles. The molecule has 2 fully saturated rings. The Morgan fingerprint density at radius 2 is 2.25 bits per heavy atom. The zero-order chi connectivity index (χ0) is 8.39. The lowest BCUT2D eigenvalue weighted by Crippen LogP contribution is -2.56. The molecule has 0 saturated carbocycles. The molecule has 0 radical (unpaired) electrons. The quantitative estimate of drug-likeness (QED) is 0.478. The van der Waals surface area contributed by atoms with Crippen molar-refractivity contribution in [3.05, 3.63) is 0 Å². The van der Waals surface area contributed by atoms with E-state index in [1.54, 1.807) is 0 Å². The Hall–Kier alpha value is -0.610. The fourth-order valence-corrected chi connectivity index (χ4v) is 1.88. The van der Waals surface area contributed by atoms with Gasteiger partial charge in [-0.25, -0.2) is 0 Å². The molecular weight excluding hydrogens is 154 g/mol. The average molecular weight is 169 g/mol. The first-order valence-electron chi connectivity index (χ1n) is 4.60. The van der Waals surface area contributed by atoms with Crippen molar-refractivity contribution in [1.82, 2.24) is 15.5 Å². The summed E-state index contributed by atoms with van der Waals surface area (Å²) in [7, 11) is 0. The van der Waals surface area contributed by atoms with Crippen LogP contribution in [0.1, 0.15) is 6.42 Å². The predicted molar refractivity (Wildman–Crippen MR) is 45.9 cm³/mol. The Labute approximate surface area is 72.3 Å². The van der Waals surface area contributed by atoms with Gasteiger partial charge in [0.05, 0.1) is 0 Å². The molecule has 1 unspecified atom stereocenters. The standard InChI is InChI=1S/C8H15N3O/c12-8-7-6-9-3-5-11(7)4-1-2-10-8/h7,9H,1-6H2,(H,10,12). The Kier molecular flexibility index (Phi) is 2.28. The summed E-state index contributed by atoms with van der Waals surface area (Å²) in [6.45, 7) is 4.74. The third kappa shape index (κ3) is 1.44. The van der Waals surface area contributed by atoms with Crippen LogP contribution < -0.4 is 10.6 Å². The Morgan fingerprint density at radius 3 is 3.17 bits per heavy atom. The monoisotopic (exact) mass is 169 g/mol. The van der Waals surface area contributed by atoms with Gasteiger partial charge in [-0.2, -0.15) is 0 Å². The lowest BCUT2D eigenvalue weighted by Gasteiger charge is -2.32.